The van der Waals surface area contributed by atoms with Gasteiger partial charge in [0.1, 0.15) is 12.2 Å². The molecule has 3 aromatic heterocycles. The van der Waals surface area contributed by atoms with Gasteiger partial charge in [-0.2, -0.15) is 22.3 Å². The molecule has 2 atom stereocenters. The molecule has 142 valence electrons. The highest BCUT2D eigenvalue weighted by Gasteiger charge is 2.36. The van der Waals surface area contributed by atoms with Crippen molar-refractivity contribution in [2.75, 3.05) is 26.7 Å². The Balaban J connectivity index is 1.74. The number of fused-ring (bicyclic) bond motifs is 3. The van der Waals surface area contributed by atoms with Crippen molar-refractivity contribution in [3.05, 3.63) is 30.7 Å². The summed E-state index contributed by atoms with van der Waals surface area (Å²) in [5.74, 6) is 0.329. The Morgan fingerprint density at radius 2 is 2.26 bits per heavy atom. The van der Waals surface area contributed by atoms with Gasteiger partial charge in [-0.3, -0.25) is 0 Å². The highest BCUT2D eigenvalue weighted by Crippen LogP contribution is 2.34. The topological polar surface area (TPSA) is 98.0 Å². The van der Waals surface area contributed by atoms with Gasteiger partial charge in [-0.25, -0.2) is 4.98 Å². The van der Waals surface area contributed by atoms with Crippen LogP contribution in [0.4, 0.5) is 0 Å². The third-order valence-electron chi connectivity index (χ3n) is 5.51. The molecule has 3 aromatic rings. The monoisotopic (exact) mass is 386 g/mol. The Bertz CT molecular complexity index is 1130. The van der Waals surface area contributed by atoms with Gasteiger partial charge in [-0.05, 0) is 24.5 Å². The summed E-state index contributed by atoms with van der Waals surface area (Å²) in [5, 5.41) is 10.9. The number of hydrogen-bond acceptors (Lipinski definition) is 4. The van der Waals surface area contributed by atoms with Crippen LogP contribution in [-0.2, 0) is 10.2 Å². The zero-order valence-corrected chi connectivity index (χ0v) is 16.1. The number of pyridine rings is 1. The van der Waals surface area contributed by atoms with Crippen molar-refractivity contribution >= 4 is 32.1 Å². The average Bonchev–Trinajstić information content (AvgIpc) is 3.28. The Hall–Kier alpha value is -2.41. The number of rotatable bonds is 4. The largest absolute Gasteiger partial charge is 0.346 e. The molecule has 0 spiro atoms. The predicted molar refractivity (Wildman–Crippen MR) is 103 cm³/mol. The number of nitrogens with zero attached hydrogens (tertiary/aromatic N) is 5. The predicted octanol–water partition coefficient (Wildman–Crippen LogP) is 2.10. The Kier molecular flexibility index (Phi) is 4.42. The van der Waals surface area contributed by atoms with Crippen LogP contribution in [-0.4, -0.2) is 58.2 Å². The van der Waals surface area contributed by atoms with Gasteiger partial charge in [0.05, 0.1) is 17.6 Å². The van der Waals surface area contributed by atoms with Crippen LogP contribution in [0.3, 0.4) is 0 Å². The molecular formula is C18H22N6O2S. The van der Waals surface area contributed by atoms with E-state index in [1.54, 1.807) is 0 Å². The summed E-state index contributed by atoms with van der Waals surface area (Å²) >= 11 is 0. The van der Waals surface area contributed by atoms with Crippen LogP contribution >= 0.6 is 0 Å². The Labute approximate surface area is 158 Å². The number of aromatic amines is 1. The van der Waals surface area contributed by atoms with Crippen LogP contribution < -0.4 is 0 Å². The summed E-state index contributed by atoms with van der Waals surface area (Å²) in [6.07, 6.45) is 6.50. The summed E-state index contributed by atoms with van der Waals surface area (Å²) in [5.41, 5.74) is 1.90. The molecule has 0 aliphatic carbocycles. The second-order valence-corrected chi connectivity index (χ2v) is 9.17. The first-order chi connectivity index (χ1) is 12.9. The van der Waals surface area contributed by atoms with Gasteiger partial charge in [-0.1, -0.05) is 6.92 Å². The molecule has 1 aliphatic rings. The van der Waals surface area contributed by atoms with Crippen molar-refractivity contribution < 1.29 is 8.42 Å². The normalized spacial score (nSPS) is 21.9. The van der Waals surface area contributed by atoms with Gasteiger partial charge >= 0.3 is 0 Å². The van der Waals surface area contributed by atoms with Gasteiger partial charge in [0.2, 0.25) is 0 Å². The Morgan fingerprint density at radius 1 is 1.44 bits per heavy atom. The molecule has 0 aromatic carbocycles. The second kappa shape index (κ2) is 6.64. The molecule has 0 saturated carbocycles. The zero-order valence-electron chi connectivity index (χ0n) is 15.3. The Morgan fingerprint density at radius 3 is 3.04 bits per heavy atom. The van der Waals surface area contributed by atoms with Crippen molar-refractivity contribution in [1.29, 1.82) is 5.26 Å². The molecule has 27 heavy (non-hydrogen) atoms. The minimum Gasteiger partial charge on any atom is -0.346 e. The average molecular weight is 386 g/mol. The van der Waals surface area contributed by atoms with E-state index in [2.05, 4.69) is 21.5 Å². The highest BCUT2D eigenvalue weighted by molar-refractivity contribution is 7.86. The SMILES string of the molecule is CC1CCN(S(=O)(=O)N(C)CC#N)CC1n1ccc2cnc3[nH]ccc3c21. The lowest BCUT2D eigenvalue weighted by Crippen LogP contribution is -2.49. The lowest BCUT2D eigenvalue weighted by molar-refractivity contribution is 0.197. The quantitative estimate of drug-likeness (QED) is 0.694. The molecule has 4 rings (SSSR count). The summed E-state index contributed by atoms with van der Waals surface area (Å²) in [6, 6.07) is 5.95. The second-order valence-electron chi connectivity index (χ2n) is 7.14. The van der Waals surface area contributed by atoms with Crippen molar-refractivity contribution in [3.8, 4) is 6.07 Å². The number of H-pyrrole nitrogens is 1. The molecule has 1 N–H and O–H groups in total. The van der Waals surface area contributed by atoms with E-state index in [1.807, 2.05) is 36.8 Å². The van der Waals surface area contributed by atoms with Gasteiger partial charge < -0.3 is 9.55 Å². The third-order valence-corrected chi connectivity index (χ3v) is 7.41. The van der Waals surface area contributed by atoms with Crippen LogP contribution in [0.25, 0.3) is 21.9 Å². The highest BCUT2D eigenvalue weighted by atomic mass is 32.2. The molecule has 0 bridgehead atoms. The fourth-order valence-corrected chi connectivity index (χ4v) is 5.19. The fraction of sp³-hybridized carbons (Fsp3) is 0.444. The van der Waals surface area contributed by atoms with Crippen molar-refractivity contribution in [2.45, 2.75) is 19.4 Å². The molecule has 1 aliphatic heterocycles. The van der Waals surface area contributed by atoms with Gasteiger partial charge in [-0.15, -0.1) is 0 Å². The summed E-state index contributed by atoms with van der Waals surface area (Å²) < 4.78 is 30.4. The van der Waals surface area contributed by atoms with Crippen LogP contribution in [0.2, 0.25) is 0 Å². The molecule has 9 heteroatoms. The molecule has 0 radical (unpaired) electrons. The summed E-state index contributed by atoms with van der Waals surface area (Å²) in [6.45, 7) is 2.86. The first-order valence-corrected chi connectivity index (χ1v) is 10.3. The maximum atomic E-state index is 12.8. The standard InChI is InChI=1S/C18H22N6O2S/c1-13-4-8-23(27(25,26)22(2)10-6-19)12-16(13)24-9-5-14-11-21-18-15(17(14)24)3-7-20-18/h3,5,7,9,11,13,16H,4,8,10,12H2,1-2H3,(H,20,21). The van der Waals surface area contributed by atoms with Crippen LogP contribution in [0.5, 0.6) is 0 Å². The number of hydrogen-bond donors (Lipinski definition) is 1. The van der Waals surface area contributed by atoms with Crippen molar-refractivity contribution in [2.24, 2.45) is 5.92 Å². The van der Waals surface area contributed by atoms with E-state index in [4.69, 9.17) is 5.26 Å². The summed E-state index contributed by atoms with van der Waals surface area (Å²) in [7, 11) is -2.19. The first-order valence-electron chi connectivity index (χ1n) is 8.94. The molecule has 1 fully saturated rings. The van der Waals surface area contributed by atoms with Gasteiger partial charge in [0.25, 0.3) is 10.2 Å². The summed E-state index contributed by atoms with van der Waals surface area (Å²) in [4.78, 5) is 7.57. The molecular weight excluding hydrogens is 364 g/mol. The van der Waals surface area contributed by atoms with E-state index in [0.717, 1.165) is 32.7 Å². The van der Waals surface area contributed by atoms with Crippen molar-refractivity contribution in [1.82, 2.24) is 23.1 Å². The number of piperidine rings is 1. The zero-order chi connectivity index (χ0) is 19.2. The molecule has 1 saturated heterocycles. The maximum absolute atomic E-state index is 12.8. The van der Waals surface area contributed by atoms with E-state index in [9.17, 15) is 8.42 Å². The molecule has 8 nitrogen and oxygen atoms in total. The van der Waals surface area contributed by atoms with Crippen molar-refractivity contribution in [3.63, 3.8) is 0 Å². The van der Waals surface area contributed by atoms with E-state index in [0.29, 0.717) is 19.0 Å². The fourth-order valence-electron chi connectivity index (χ4n) is 3.90. The van der Waals surface area contributed by atoms with Gasteiger partial charge in [0, 0.05) is 49.5 Å². The van der Waals surface area contributed by atoms with E-state index in [-0.39, 0.29) is 12.6 Å². The number of nitriles is 1. The molecule has 4 heterocycles. The van der Waals surface area contributed by atoms with E-state index >= 15 is 0 Å². The van der Waals surface area contributed by atoms with Gasteiger partial charge in [0.15, 0.2) is 0 Å². The maximum Gasteiger partial charge on any atom is 0.282 e. The van der Waals surface area contributed by atoms with Crippen LogP contribution in [0, 0.1) is 17.2 Å². The van der Waals surface area contributed by atoms with E-state index < -0.39 is 10.2 Å². The first kappa shape index (κ1) is 18.0. The number of nitrogens with one attached hydrogen (secondary N) is 1. The minimum atomic E-state index is -3.64. The smallest absolute Gasteiger partial charge is 0.282 e. The van der Waals surface area contributed by atoms with E-state index in [1.165, 1.54) is 11.4 Å². The molecule has 0 amide bonds. The third kappa shape index (κ3) is 2.90. The number of aromatic nitrogens is 3. The molecule has 2 unspecified atom stereocenters. The van der Waals surface area contributed by atoms with Crippen LogP contribution in [0.15, 0.2) is 30.7 Å². The van der Waals surface area contributed by atoms with Crippen LogP contribution in [0.1, 0.15) is 19.4 Å². The lowest BCUT2D eigenvalue weighted by Gasteiger charge is -2.38. The minimum absolute atomic E-state index is 0.0158. The lowest BCUT2D eigenvalue weighted by atomic mass is 9.94.